The summed E-state index contributed by atoms with van der Waals surface area (Å²) in [6.45, 7) is 5.71. The molecule has 0 atom stereocenters. The van der Waals surface area contributed by atoms with E-state index in [0.717, 1.165) is 31.4 Å². The number of nitrogens with one attached hydrogen (secondary N) is 1. The second-order valence-electron chi connectivity index (χ2n) is 4.58. The van der Waals surface area contributed by atoms with Crippen molar-refractivity contribution in [1.29, 1.82) is 0 Å². The molecule has 0 aromatic heterocycles. The summed E-state index contributed by atoms with van der Waals surface area (Å²) in [7, 11) is -3.24. The maximum absolute atomic E-state index is 11.8. The van der Waals surface area contributed by atoms with Crippen molar-refractivity contribution in [3.63, 3.8) is 0 Å². The van der Waals surface area contributed by atoms with Crippen molar-refractivity contribution in [1.82, 2.24) is 4.83 Å². The van der Waals surface area contributed by atoms with Gasteiger partial charge in [0.2, 0.25) is 10.0 Å². The average Bonchev–Trinajstić information content (AvgIpc) is 2.16. The molecule has 1 fully saturated rings. The zero-order valence-electron chi connectivity index (χ0n) is 9.66. The smallest absolute Gasteiger partial charge is 0.205 e. The van der Waals surface area contributed by atoms with E-state index in [1.54, 1.807) is 13.8 Å². The standard InChI is InChI=1S/C10H20N2O2S/c1-8(2)11-12-15(13,14)10-6-4-9(3)5-7-10/h9-10,12H,4-7H2,1-3H3. The van der Waals surface area contributed by atoms with Crippen molar-refractivity contribution in [2.45, 2.75) is 51.7 Å². The Hall–Kier alpha value is -0.580. The summed E-state index contributed by atoms with van der Waals surface area (Å²) in [5.74, 6) is 0.660. The summed E-state index contributed by atoms with van der Waals surface area (Å²) in [6.07, 6.45) is 3.52. The van der Waals surface area contributed by atoms with Crippen molar-refractivity contribution < 1.29 is 8.42 Å². The van der Waals surface area contributed by atoms with Gasteiger partial charge in [0, 0.05) is 5.71 Å². The van der Waals surface area contributed by atoms with Crippen LogP contribution in [0.25, 0.3) is 0 Å². The molecule has 1 aliphatic carbocycles. The average molecular weight is 232 g/mol. The minimum absolute atomic E-state index is 0.253. The van der Waals surface area contributed by atoms with Gasteiger partial charge in [0.15, 0.2) is 0 Å². The highest BCUT2D eigenvalue weighted by atomic mass is 32.2. The van der Waals surface area contributed by atoms with Gasteiger partial charge in [-0.3, -0.25) is 0 Å². The quantitative estimate of drug-likeness (QED) is 0.596. The summed E-state index contributed by atoms with van der Waals surface area (Å²) in [5.41, 5.74) is 0.725. The number of hydrogen-bond acceptors (Lipinski definition) is 3. The van der Waals surface area contributed by atoms with Crippen LogP contribution in [0, 0.1) is 5.92 Å². The zero-order chi connectivity index (χ0) is 11.5. The molecule has 1 aliphatic rings. The minimum Gasteiger partial charge on any atom is -0.205 e. The van der Waals surface area contributed by atoms with E-state index in [1.165, 1.54) is 0 Å². The molecule has 15 heavy (non-hydrogen) atoms. The summed E-state index contributed by atoms with van der Waals surface area (Å²) in [6, 6.07) is 0. The van der Waals surface area contributed by atoms with Crippen molar-refractivity contribution in [3.05, 3.63) is 0 Å². The van der Waals surface area contributed by atoms with E-state index in [0.29, 0.717) is 5.92 Å². The molecule has 0 bridgehead atoms. The van der Waals surface area contributed by atoms with E-state index in [-0.39, 0.29) is 5.25 Å². The van der Waals surface area contributed by atoms with Crippen molar-refractivity contribution in [3.8, 4) is 0 Å². The lowest BCUT2D eigenvalue weighted by Gasteiger charge is -2.25. The van der Waals surface area contributed by atoms with Gasteiger partial charge in [-0.15, -0.1) is 0 Å². The molecule has 0 saturated heterocycles. The second-order valence-corrected chi connectivity index (χ2v) is 6.52. The van der Waals surface area contributed by atoms with Gasteiger partial charge >= 0.3 is 0 Å². The first-order valence-electron chi connectivity index (χ1n) is 5.43. The van der Waals surface area contributed by atoms with Crippen LogP contribution in [0.4, 0.5) is 0 Å². The summed E-state index contributed by atoms with van der Waals surface area (Å²) in [5, 5.41) is 3.52. The van der Waals surface area contributed by atoms with Gasteiger partial charge in [-0.05, 0) is 45.4 Å². The first-order valence-corrected chi connectivity index (χ1v) is 6.98. The largest absolute Gasteiger partial charge is 0.250 e. The summed E-state index contributed by atoms with van der Waals surface area (Å²) < 4.78 is 23.6. The Bertz CT molecular complexity index is 323. The first kappa shape index (κ1) is 12.5. The molecule has 0 aliphatic heterocycles. The lowest BCUT2D eigenvalue weighted by molar-refractivity contribution is 0.381. The van der Waals surface area contributed by atoms with Crippen LogP contribution in [0.2, 0.25) is 0 Å². The molecular weight excluding hydrogens is 212 g/mol. The van der Waals surface area contributed by atoms with Gasteiger partial charge in [0.25, 0.3) is 0 Å². The molecule has 0 amide bonds. The SMILES string of the molecule is CC(C)=NNS(=O)(=O)C1CCC(C)CC1. The van der Waals surface area contributed by atoms with Crippen LogP contribution in [-0.2, 0) is 10.0 Å². The van der Waals surface area contributed by atoms with E-state index in [4.69, 9.17) is 0 Å². The highest BCUT2D eigenvalue weighted by Crippen LogP contribution is 2.27. The molecule has 4 nitrogen and oxygen atoms in total. The Morgan fingerprint density at radius 3 is 2.20 bits per heavy atom. The topological polar surface area (TPSA) is 58.5 Å². The fourth-order valence-corrected chi connectivity index (χ4v) is 3.12. The molecule has 0 aromatic carbocycles. The predicted octanol–water partition coefficient (Wildman–Crippen LogP) is 1.88. The highest BCUT2D eigenvalue weighted by Gasteiger charge is 2.29. The van der Waals surface area contributed by atoms with Gasteiger partial charge < -0.3 is 0 Å². The van der Waals surface area contributed by atoms with Gasteiger partial charge in [0.05, 0.1) is 5.25 Å². The minimum atomic E-state index is -3.24. The van der Waals surface area contributed by atoms with Crippen molar-refractivity contribution in [2.24, 2.45) is 11.0 Å². The highest BCUT2D eigenvalue weighted by molar-refractivity contribution is 7.90. The molecule has 0 spiro atoms. The molecule has 88 valence electrons. The maximum atomic E-state index is 11.8. The van der Waals surface area contributed by atoms with E-state index in [2.05, 4.69) is 16.9 Å². The van der Waals surface area contributed by atoms with E-state index in [9.17, 15) is 8.42 Å². The predicted molar refractivity (Wildman–Crippen MR) is 62.3 cm³/mol. The molecule has 1 saturated carbocycles. The normalized spacial score (nSPS) is 27.1. The van der Waals surface area contributed by atoms with Crippen LogP contribution in [0.15, 0.2) is 5.10 Å². The van der Waals surface area contributed by atoms with Crippen molar-refractivity contribution >= 4 is 15.7 Å². The monoisotopic (exact) mass is 232 g/mol. The number of rotatable bonds is 3. The molecule has 1 N–H and O–H groups in total. The summed E-state index contributed by atoms with van der Waals surface area (Å²) >= 11 is 0. The van der Waals surface area contributed by atoms with E-state index < -0.39 is 10.0 Å². The first-order chi connectivity index (χ1) is 6.92. The fraction of sp³-hybridized carbons (Fsp3) is 0.900. The molecule has 0 heterocycles. The molecule has 0 radical (unpaired) electrons. The van der Waals surface area contributed by atoms with Crippen LogP contribution in [0.1, 0.15) is 46.5 Å². The van der Waals surface area contributed by atoms with E-state index in [1.807, 2.05) is 0 Å². The van der Waals surface area contributed by atoms with Crippen LogP contribution < -0.4 is 4.83 Å². The van der Waals surface area contributed by atoms with Crippen LogP contribution in [0.5, 0.6) is 0 Å². The van der Waals surface area contributed by atoms with Crippen molar-refractivity contribution in [2.75, 3.05) is 0 Å². The lowest BCUT2D eigenvalue weighted by Crippen LogP contribution is -2.34. The van der Waals surface area contributed by atoms with Gasteiger partial charge in [0.1, 0.15) is 0 Å². The van der Waals surface area contributed by atoms with Crippen LogP contribution in [-0.4, -0.2) is 19.4 Å². The Balaban J connectivity index is 2.58. The molecular formula is C10H20N2O2S. The Labute approximate surface area is 92.2 Å². The second kappa shape index (κ2) is 4.96. The third kappa shape index (κ3) is 3.81. The third-order valence-electron chi connectivity index (χ3n) is 2.80. The number of hydrazone groups is 1. The number of hydrogen-bond donors (Lipinski definition) is 1. The lowest BCUT2D eigenvalue weighted by atomic mass is 9.91. The Morgan fingerprint density at radius 1 is 1.20 bits per heavy atom. The van der Waals surface area contributed by atoms with Crippen LogP contribution in [0.3, 0.4) is 0 Å². The van der Waals surface area contributed by atoms with Gasteiger partial charge in [-0.2, -0.15) is 5.10 Å². The van der Waals surface area contributed by atoms with E-state index >= 15 is 0 Å². The molecule has 1 rings (SSSR count). The van der Waals surface area contributed by atoms with Gasteiger partial charge in [-0.25, -0.2) is 13.2 Å². The third-order valence-corrected chi connectivity index (χ3v) is 4.49. The van der Waals surface area contributed by atoms with Crippen LogP contribution >= 0.6 is 0 Å². The Kier molecular flexibility index (Phi) is 4.13. The Morgan fingerprint density at radius 2 is 1.73 bits per heavy atom. The molecule has 0 unspecified atom stereocenters. The maximum Gasteiger partial charge on any atom is 0.250 e. The zero-order valence-corrected chi connectivity index (χ0v) is 10.5. The number of nitrogens with zero attached hydrogens (tertiary/aromatic N) is 1. The number of sulfonamides is 1. The summed E-state index contributed by atoms with van der Waals surface area (Å²) in [4.78, 5) is 2.30. The molecule has 0 aromatic rings. The fourth-order valence-electron chi connectivity index (χ4n) is 1.77. The van der Waals surface area contributed by atoms with Gasteiger partial charge in [-0.1, -0.05) is 6.92 Å². The molecule has 5 heteroatoms.